The topological polar surface area (TPSA) is 46.2 Å². The Morgan fingerprint density at radius 1 is 0.643 bits per heavy atom. The Kier molecular flexibility index (Phi) is 10.3. The van der Waals surface area contributed by atoms with Gasteiger partial charge in [-0.05, 0) is 41.0 Å². The zero-order chi connectivity index (χ0) is 29.2. The highest BCUT2D eigenvalue weighted by Gasteiger charge is 2.42. The van der Waals surface area contributed by atoms with Crippen molar-refractivity contribution in [3.63, 3.8) is 0 Å². The number of hydrogen-bond acceptors (Lipinski definition) is 5. The molecule has 4 atom stereocenters. The average molecular weight is 579 g/mol. The largest absolute Gasteiger partial charge is 0.465 e. The summed E-state index contributed by atoms with van der Waals surface area (Å²) in [5.74, 6) is 0.266. The first-order valence-corrected chi connectivity index (χ1v) is 13.9. The second kappa shape index (κ2) is 14.5. The first-order chi connectivity index (χ1) is 20.4. The molecule has 1 fully saturated rings. The number of rotatable bonds is 12. The van der Waals surface area contributed by atoms with E-state index in [2.05, 4.69) is 0 Å². The molecule has 1 heterocycles. The molecular weight excluding hydrogens is 545 g/mol. The lowest BCUT2D eigenvalue weighted by Crippen LogP contribution is -2.53. The van der Waals surface area contributed by atoms with E-state index in [0.717, 1.165) is 28.8 Å². The number of benzene rings is 4. The Labute approximate surface area is 243 Å². The third-order valence-corrected chi connectivity index (χ3v) is 6.92. The van der Waals surface area contributed by atoms with Gasteiger partial charge in [-0.3, -0.25) is 0 Å². The van der Waals surface area contributed by atoms with Crippen molar-refractivity contribution >= 4 is 0 Å². The minimum atomic E-state index is -4.43. The predicted octanol–water partition coefficient (Wildman–Crippen LogP) is 7.59. The monoisotopic (exact) mass is 578 g/mol. The number of halogens is 3. The molecule has 0 spiro atoms. The molecule has 0 amide bonds. The summed E-state index contributed by atoms with van der Waals surface area (Å²) < 4.78 is 70.5. The Morgan fingerprint density at radius 3 is 1.71 bits per heavy atom. The molecule has 5 nitrogen and oxygen atoms in total. The fraction of sp³-hybridized carbons (Fsp3) is 0.294. The van der Waals surface area contributed by atoms with Crippen LogP contribution in [0.15, 0.2) is 115 Å². The van der Waals surface area contributed by atoms with Crippen molar-refractivity contribution in [3.05, 3.63) is 138 Å². The molecule has 0 saturated carbocycles. The summed E-state index contributed by atoms with van der Waals surface area (Å²) in [5.41, 5.74) is 2.28. The van der Waals surface area contributed by atoms with Crippen molar-refractivity contribution < 1.29 is 36.9 Å². The highest BCUT2D eigenvalue weighted by Crippen LogP contribution is 2.32. The van der Waals surface area contributed by atoms with Crippen molar-refractivity contribution in [2.24, 2.45) is 0 Å². The Morgan fingerprint density at radius 2 is 1.17 bits per heavy atom. The normalized spacial score (nSPS) is 20.7. The van der Waals surface area contributed by atoms with Crippen molar-refractivity contribution in [1.29, 1.82) is 0 Å². The van der Waals surface area contributed by atoms with Gasteiger partial charge in [0.05, 0.1) is 38.1 Å². The van der Waals surface area contributed by atoms with Gasteiger partial charge in [0.25, 0.3) is 0 Å². The van der Waals surface area contributed by atoms with E-state index >= 15 is 0 Å². The fourth-order valence-electron chi connectivity index (χ4n) is 4.76. The lowest BCUT2D eigenvalue weighted by Gasteiger charge is -2.41. The van der Waals surface area contributed by atoms with Crippen LogP contribution in [0.1, 0.15) is 28.7 Å². The maximum atomic E-state index is 13.1. The van der Waals surface area contributed by atoms with Gasteiger partial charge in [-0.15, -0.1) is 0 Å². The third-order valence-electron chi connectivity index (χ3n) is 6.92. The minimum Gasteiger partial charge on any atom is -0.465 e. The van der Waals surface area contributed by atoms with Crippen LogP contribution >= 0.6 is 0 Å². The minimum absolute atomic E-state index is 0.201. The summed E-state index contributed by atoms with van der Waals surface area (Å²) in [6.07, 6.45) is -6.40. The molecule has 220 valence electrons. The van der Waals surface area contributed by atoms with E-state index in [4.69, 9.17) is 23.7 Å². The lowest BCUT2D eigenvalue weighted by atomic mass is 10.0. The van der Waals surface area contributed by atoms with E-state index < -0.39 is 36.3 Å². The van der Waals surface area contributed by atoms with E-state index in [1.807, 2.05) is 91.0 Å². The third kappa shape index (κ3) is 8.66. The van der Waals surface area contributed by atoms with Crippen LogP contribution in [-0.2, 0) is 44.9 Å². The summed E-state index contributed by atoms with van der Waals surface area (Å²) in [4.78, 5) is 0. The van der Waals surface area contributed by atoms with Gasteiger partial charge >= 0.3 is 6.18 Å². The Balaban J connectivity index is 1.34. The standard InChI is InChI=1S/C34H33F3O5/c35-34(36,37)28-16-18-29(19-17-28)41-32-20-30(39-22-26-12-6-2-7-13-26)33(40-23-27-14-8-3-9-15-27)31(42-32)24-38-21-25-10-4-1-5-11-25/h1-19,30-33H,20-24H2/t30-,31-,32-,33+/m1/s1. The van der Waals surface area contributed by atoms with Crippen LogP contribution < -0.4 is 4.74 Å². The molecule has 1 saturated heterocycles. The number of ether oxygens (including phenoxy) is 5. The Bertz CT molecular complexity index is 1330. The van der Waals surface area contributed by atoms with Gasteiger partial charge in [0.1, 0.15) is 18.0 Å². The highest BCUT2D eigenvalue weighted by molar-refractivity contribution is 5.29. The van der Waals surface area contributed by atoms with Crippen molar-refractivity contribution in [1.82, 2.24) is 0 Å². The molecule has 42 heavy (non-hydrogen) atoms. The smallest absolute Gasteiger partial charge is 0.416 e. The summed E-state index contributed by atoms with van der Waals surface area (Å²) in [6, 6.07) is 34.0. The zero-order valence-corrected chi connectivity index (χ0v) is 23.0. The van der Waals surface area contributed by atoms with Gasteiger partial charge in [-0.2, -0.15) is 13.2 Å². The van der Waals surface area contributed by atoms with Gasteiger partial charge in [-0.1, -0.05) is 91.0 Å². The van der Waals surface area contributed by atoms with Crippen LogP contribution in [0.25, 0.3) is 0 Å². The van der Waals surface area contributed by atoms with Gasteiger partial charge in [0, 0.05) is 6.42 Å². The van der Waals surface area contributed by atoms with E-state index in [1.165, 1.54) is 12.1 Å². The molecule has 0 radical (unpaired) electrons. The van der Waals surface area contributed by atoms with Crippen molar-refractivity contribution in [3.8, 4) is 5.75 Å². The summed E-state index contributed by atoms with van der Waals surface area (Å²) in [5, 5.41) is 0. The molecule has 0 aromatic heterocycles. The van der Waals surface area contributed by atoms with Gasteiger partial charge in [-0.25, -0.2) is 0 Å². The van der Waals surface area contributed by atoms with Crippen LogP contribution in [0.2, 0.25) is 0 Å². The maximum absolute atomic E-state index is 13.1. The molecule has 0 unspecified atom stereocenters. The second-order valence-corrected chi connectivity index (χ2v) is 10.1. The Hall–Kier alpha value is -3.69. The summed E-state index contributed by atoms with van der Waals surface area (Å²) in [6.45, 7) is 1.28. The lowest BCUT2D eigenvalue weighted by molar-refractivity contribution is -0.257. The van der Waals surface area contributed by atoms with Crippen LogP contribution in [0.5, 0.6) is 5.75 Å². The predicted molar refractivity (Wildman–Crippen MR) is 151 cm³/mol. The van der Waals surface area contributed by atoms with E-state index in [-0.39, 0.29) is 12.4 Å². The molecule has 8 heteroatoms. The van der Waals surface area contributed by atoms with E-state index in [9.17, 15) is 13.2 Å². The molecule has 0 N–H and O–H groups in total. The molecule has 0 bridgehead atoms. The molecule has 0 aliphatic carbocycles. The van der Waals surface area contributed by atoms with E-state index in [1.54, 1.807) is 0 Å². The SMILES string of the molecule is FC(F)(F)c1ccc(O[C@H]2C[C@@H](OCc3ccccc3)[C@H](OCc3ccccc3)[C@@H](COCc3ccccc3)O2)cc1. The van der Waals surface area contributed by atoms with Crippen molar-refractivity contribution in [2.75, 3.05) is 6.61 Å². The molecule has 1 aliphatic rings. The maximum Gasteiger partial charge on any atom is 0.416 e. The quantitative estimate of drug-likeness (QED) is 0.173. The molecular formula is C34H33F3O5. The van der Waals surface area contributed by atoms with Gasteiger partial charge in [0.2, 0.25) is 6.29 Å². The summed E-state index contributed by atoms with van der Waals surface area (Å²) >= 11 is 0. The van der Waals surface area contributed by atoms with Gasteiger partial charge < -0.3 is 23.7 Å². The molecule has 5 rings (SSSR count). The molecule has 4 aromatic rings. The number of alkyl halides is 3. The first kappa shape index (κ1) is 29.8. The summed E-state index contributed by atoms with van der Waals surface area (Å²) in [7, 11) is 0. The fourth-order valence-corrected chi connectivity index (χ4v) is 4.76. The van der Waals surface area contributed by atoms with E-state index in [0.29, 0.717) is 26.2 Å². The number of hydrogen-bond donors (Lipinski definition) is 0. The van der Waals surface area contributed by atoms with Crippen LogP contribution in [-0.4, -0.2) is 31.2 Å². The molecule has 1 aliphatic heterocycles. The second-order valence-electron chi connectivity index (χ2n) is 10.1. The highest BCUT2D eigenvalue weighted by atomic mass is 19.4. The van der Waals surface area contributed by atoms with Crippen LogP contribution in [0, 0.1) is 0 Å². The molecule has 4 aromatic carbocycles. The average Bonchev–Trinajstić information content (AvgIpc) is 3.01. The first-order valence-electron chi connectivity index (χ1n) is 13.9. The van der Waals surface area contributed by atoms with Crippen molar-refractivity contribution in [2.45, 2.75) is 57.0 Å². The van der Waals surface area contributed by atoms with Crippen LogP contribution in [0.4, 0.5) is 13.2 Å². The van der Waals surface area contributed by atoms with Gasteiger partial charge in [0.15, 0.2) is 0 Å². The zero-order valence-electron chi connectivity index (χ0n) is 23.0. The van der Waals surface area contributed by atoms with Crippen LogP contribution in [0.3, 0.4) is 0 Å².